The normalized spacial score (nSPS) is 16.0. The Morgan fingerprint density at radius 2 is 1.63 bits per heavy atom. The van der Waals surface area contributed by atoms with Crippen molar-refractivity contribution in [3.05, 3.63) is 24.3 Å². The van der Waals surface area contributed by atoms with E-state index in [-0.39, 0.29) is 43.3 Å². The summed E-state index contributed by atoms with van der Waals surface area (Å²) in [6.45, 7) is 5.13. The second-order valence-corrected chi connectivity index (χ2v) is 8.61. The molecule has 5 rings (SSSR count). The molecule has 0 bridgehead atoms. The minimum atomic E-state index is -0.198. The number of aromatic nitrogens is 3. The van der Waals surface area contributed by atoms with E-state index in [1.165, 1.54) is 11.5 Å². The van der Waals surface area contributed by atoms with Crippen LogP contribution in [0.3, 0.4) is 0 Å². The Morgan fingerprint density at radius 1 is 0.971 bits per heavy atom. The smallest absolute Gasteiger partial charge is 0.323 e. The molecule has 2 aromatic heterocycles. The van der Waals surface area contributed by atoms with Crippen LogP contribution in [0.5, 0.6) is 0 Å². The predicted molar refractivity (Wildman–Crippen MR) is 139 cm³/mol. The summed E-state index contributed by atoms with van der Waals surface area (Å²) in [4.78, 5) is 36.9. The van der Waals surface area contributed by atoms with Gasteiger partial charge in [-0.3, -0.25) is 10.1 Å². The second kappa shape index (κ2) is 11.7. The molecule has 1 aromatic carbocycles. The minimum Gasteiger partial charge on any atom is -0.354 e. The highest BCUT2D eigenvalue weighted by Gasteiger charge is 2.27. The molecule has 0 radical (unpaired) electrons. The van der Waals surface area contributed by atoms with Crippen LogP contribution in [0.4, 0.5) is 21.7 Å². The summed E-state index contributed by atoms with van der Waals surface area (Å²) in [5.74, 6) is 1.09. The van der Waals surface area contributed by atoms with E-state index < -0.39 is 0 Å². The Bertz CT molecular complexity index is 1140. The molecule has 2 fully saturated rings. The number of nitrogens with one attached hydrogen (secondary N) is 1. The zero-order valence-corrected chi connectivity index (χ0v) is 21.3. The molecule has 35 heavy (non-hydrogen) atoms. The number of fused-ring (bicyclic) bond motifs is 1. The molecule has 2 saturated heterocycles. The molecule has 0 aliphatic carbocycles. The zero-order valence-electron chi connectivity index (χ0n) is 18.8. The average Bonchev–Trinajstić information content (AvgIpc) is 3.52. The van der Waals surface area contributed by atoms with Gasteiger partial charge in [0.2, 0.25) is 17.0 Å². The first kappa shape index (κ1) is 26.7. The Balaban J connectivity index is 0.00000171. The maximum Gasteiger partial charge on any atom is 0.323 e. The van der Waals surface area contributed by atoms with E-state index >= 15 is 0 Å². The molecule has 12 nitrogen and oxygen atoms in total. The number of halogens is 2. The summed E-state index contributed by atoms with van der Waals surface area (Å²) in [5, 5.41) is 8.43. The van der Waals surface area contributed by atoms with E-state index in [1.54, 1.807) is 9.80 Å². The van der Waals surface area contributed by atoms with Crippen LogP contribution in [-0.2, 0) is 4.79 Å². The van der Waals surface area contributed by atoms with Gasteiger partial charge in [0.05, 0.1) is 11.9 Å². The average molecular weight is 544 g/mol. The maximum absolute atomic E-state index is 12.7. The number of para-hydroxylation sites is 1. The first-order valence-corrected chi connectivity index (χ1v) is 11.6. The summed E-state index contributed by atoms with van der Waals surface area (Å²) in [5.41, 5.74) is 6.09. The Hall–Kier alpha value is -2.87. The molecule has 4 heterocycles. The third kappa shape index (κ3) is 5.69. The fourth-order valence-corrected chi connectivity index (χ4v) is 4.75. The lowest BCUT2D eigenvalue weighted by Gasteiger charge is -2.34. The first-order chi connectivity index (χ1) is 16.1. The van der Waals surface area contributed by atoms with Crippen molar-refractivity contribution in [2.45, 2.75) is 0 Å². The van der Waals surface area contributed by atoms with Crippen molar-refractivity contribution < 1.29 is 14.1 Å². The number of anilines is 3. The number of nitrogens with zero attached hydrogens (tertiary/aromatic N) is 7. The molecular formula is C20H27Cl2N9O3S. The van der Waals surface area contributed by atoms with E-state index in [9.17, 15) is 9.59 Å². The number of rotatable bonds is 4. The van der Waals surface area contributed by atoms with Crippen molar-refractivity contribution >= 4 is 76.2 Å². The molecule has 2 aliphatic heterocycles. The second-order valence-electron chi connectivity index (χ2n) is 7.88. The lowest BCUT2D eigenvalue weighted by Crippen LogP contribution is -2.51. The summed E-state index contributed by atoms with van der Waals surface area (Å²) in [6.07, 6.45) is 0. The summed E-state index contributed by atoms with van der Waals surface area (Å²) in [6, 6.07) is 7.22. The molecule has 3 N–H and O–H groups in total. The van der Waals surface area contributed by atoms with Gasteiger partial charge in [0, 0.05) is 63.9 Å². The van der Waals surface area contributed by atoms with Gasteiger partial charge in [0.1, 0.15) is 0 Å². The molecule has 15 heteroatoms. The topological polar surface area (TPSA) is 137 Å². The molecule has 0 spiro atoms. The lowest BCUT2D eigenvalue weighted by atomic mass is 10.2. The van der Waals surface area contributed by atoms with E-state index in [0.29, 0.717) is 69.7 Å². The summed E-state index contributed by atoms with van der Waals surface area (Å²) >= 11 is 1.36. The molecule has 3 aromatic rings. The monoisotopic (exact) mass is 543 g/mol. The zero-order chi connectivity index (χ0) is 22.8. The van der Waals surface area contributed by atoms with Gasteiger partial charge in [-0.25, -0.2) is 4.79 Å². The van der Waals surface area contributed by atoms with Crippen molar-refractivity contribution in [3.63, 3.8) is 0 Å². The van der Waals surface area contributed by atoms with Gasteiger partial charge < -0.3 is 29.9 Å². The number of piperazine rings is 2. The van der Waals surface area contributed by atoms with Crippen molar-refractivity contribution in [2.75, 3.05) is 74.0 Å². The number of carbonyl (C=O) groups is 2. The van der Waals surface area contributed by atoms with Crippen LogP contribution in [0.2, 0.25) is 0 Å². The molecule has 0 saturated carbocycles. The largest absolute Gasteiger partial charge is 0.354 e. The van der Waals surface area contributed by atoms with E-state index in [0.717, 1.165) is 10.5 Å². The molecular weight excluding hydrogens is 517 g/mol. The van der Waals surface area contributed by atoms with Crippen molar-refractivity contribution in [1.29, 1.82) is 0 Å². The quantitative estimate of drug-likeness (QED) is 0.501. The van der Waals surface area contributed by atoms with Crippen molar-refractivity contribution in [3.8, 4) is 0 Å². The Kier molecular flexibility index (Phi) is 8.94. The highest BCUT2D eigenvalue weighted by atomic mass is 35.5. The van der Waals surface area contributed by atoms with Gasteiger partial charge in [-0.1, -0.05) is 17.3 Å². The summed E-state index contributed by atoms with van der Waals surface area (Å²) < 4.78 is 9.77. The van der Waals surface area contributed by atoms with Crippen LogP contribution in [0.1, 0.15) is 0 Å². The van der Waals surface area contributed by atoms with Crippen molar-refractivity contribution in [2.24, 2.45) is 5.73 Å². The fraction of sp³-hybridized carbons (Fsp3) is 0.450. The lowest BCUT2D eigenvalue weighted by molar-refractivity contribution is -0.129. The first-order valence-electron chi connectivity index (χ1n) is 10.8. The number of hydrogen-bond acceptors (Lipinski definition) is 10. The van der Waals surface area contributed by atoms with Crippen LogP contribution in [0, 0.1) is 0 Å². The van der Waals surface area contributed by atoms with Gasteiger partial charge >= 0.3 is 6.03 Å². The minimum absolute atomic E-state index is 0. The number of nitrogens with two attached hydrogens (primary N) is 1. The fourth-order valence-electron chi connectivity index (χ4n) is 4.01. The van der Waals surface area contributed by atoms with E-state index in [2.05, 4.69) is 24.6 Å². The third-order valence-electron chi connectivity index (χ3n) is 5.93. The van der Waals surface area contributed by atoms with E-state index in [4.69, 9.17) is 15.2 Å². The number of urea groups is 1. The van der Waals surface area contributed by atoms with Crippen LogP contribution in [0.15, 0.2) is 28.8 Å². The summed E-state index contributed by atoms with van der Waals surface area (Å²) in [7, 11) is 0. The van der Waals surface area contributed by atoms with Crippen LogP contribution in [-0.4, -0.2) is 95.2 Å². The third-order valence-corrected chi connectivity index (χ3v) is 6.70. The van der Waals surface area contributed by atoms with Crippen molar-refractivity contribution in [1.82, 2.24) is 24.3 Å². The van der Waals surface area contributed by atoms with Gasteiger partial charge in [-0.15, -0.1) is 24.8 Å². The molecule has 2 aliphatic rings. The Morgan fingerprint density at radius 3 is 2.34 bits per heavy atom. The van der Waals surface area contributed by atoms with E-state index in [1.807, 2.05) is 24.3 Å². The van der Waals surface area contributed by atoms with Crippen LogP contribution >= 0.6 is 36.3 Å². The van der Waals surface area contributed by atoms with Crippen LogP contribution in [0.25, 0.3) is 11.0 Å². The number of carbonyl (C=O) groups excluding carboxylic acids is 2. The molecule has 0 atom stereocenters. The predicted octanol–water partition coefficient (Wildman–Crippen LogP) is 1.48. The molecule has 3 amide bonds. The van der Waals surface area contributed by atoms with Gasteiger partial charge in [0.25, 0.3) is 0 Å². The number of amides is 3. The standard InChI is InChI=1S/C20H25N9O3S.2ClH/c21-13-16(30)26-5-7-27(8-6-26)18-23-20(33-25-18)29-11-9-28(10-12-29)19(31)22-17-14-3-1-2-4-15(14)32-24-17;;/h1-4H,5-13,21H2,(H,22,24,31);2*1H. The SMILES string of the molecule is Cl.Cl.NCC(=O)N1CCN(c2nsc(N3CCN(C(=O)Nc4noc5ccccc45)CC3)n2)CC1. The van der Waals surface area contributed by atoms with Gasteiger partial charge in [0.15, 0.2) is 11.4 Å². The van der Waals surface area contributed by atoms with Gasteiger partial charge in [-0.2, -0.15) is 9.36 Å². The Labute approximate surface area is 218 Å². The number of hydrogen-bond donors (Lipinski definition) is 2. The molecule has 190 valence electrons. The maximum atomic E-state index is 12.7. The highest BCUT2D eigenvalue weighted by Crippen LogP contribution is 2.25. The van der Waals surface area contributed by atoms with Crippen LogP contribution < -0.4 is 20.9 Å². The molecule has 0 unspecified atom stereocenters. The highest BCUT2D eigenvalue weighted by molar-refractivity contribution is 7.09. The van der Waals surface area contributed by atoms with Gasteiger partial charge in [-0.05, 0) is 12.1 Å². The number of benzene rings is 1.